The molecular formula is C16H14O5. The maximum atomic E-state index is 12.3. The predicted molar refractivity (Wildman–Crippen MR) is 75.8 cm³/mol. The van der Waals surface area contributed by atoms with Crippen LogP contribution in [0.4, 0.5) is 0 Å². The van der Waals surface area contributed by atoms with Gasteiger partial charge in [0.25, 0.3) is 0 Å². The number of ketones is 1. The Labute approximate surface area is 121 Å². The number of hydrogen-bond donors (Lipinski definition) is 2. The Balaban J connectivity index is 2.32. The molecule has 0 bridgehead atoms. The molecule has 0 atom stereocenters. The van der Waals surface area contributed by atoms with E-state index in [0.717, 1.165) is 0 Å². The highest BCUT2D eigenvalue weighted by molar-refractivity contribution is 6.11. The molecule has 0 amide bonds. The van der Waals surface area contributed by atoms with Crippen LogP contribution in [-0.2, 0) is 4.79 Å². The number of hydrogen-bond acceptors (Lipinski definition) is 4. The fourth-order valence-corrected chi connectivity index (χ4v) is 1.91. The van der Waals surface area contributed by atoms with Crippen molar-refractivity contribution in [2.75, 3.05) is 6.61 Å². The van der Waals surface area contributed by atoms with Crippen molar-refractivity contribution in [3.05, 3.63) is 59.2 Å². The van der Waals surface area contributed by atoms with E-state index in [4.69, 9.17) is 9.84 Å². The van der Waals surface area contributed by atoms with Crippen molar-refractivity contribution < 1.29 is 24.5 Å². The first-order valence-electron chi connectivity index (χ1n) is 6.27. The molecule has 0 unspecified atom stereocenters. The Kier molecular flexibility index (Phi) is 4.23. The van der Waals surface area contributed by atoms with Crippen LogP contribution in [-0.4, -0.2) is 28.6 Å². The maximum absolute atomic E-state index is 12.3. The standard InChI is InChI=1S/C16H14O5/c1-10-13(21-9-14(17)18)8-7-12(15(10)19)16(20)11-5-3-2-4-6-11/h2-8,19H,9H2,1H3,(H,17,18). The number of phenols is 1. The first-order chi connectivity index (χ1) is 10.0. The first-order valence-corrected chi connectivity index (χ1v) is 6.27. The highest BCUT2D eigenvalue weighted by Gasteiger charge is 2.17. The number of carboxylic acids is 1. The van der Waals surface area contributed by atoms with Gasteiger partial charge in [-0.15, -0.1) is 0 Å². The van der Waals surface area contributed by atoms with E-state index in [1.54, 1.807) is 37.3 Å². The normalized spacial score (nSPS) is 10.1. The fraction of sp³-hybridized carbons (Fsp3) is 0.125. The summed E-state index contributed by atoms with van der Waals surface area (Å²) < 4.78 is 5.05. The molecule has 0 radical (unpaired) electrons. The second-order valence-electron chi connectivity index (χ2n) is 4.46. The van der Waals surface area contributed by atoms with Gasteiger partial charge in [0.15, 0.2) is 12.4 Å². The lowest BCUT2D eigenvalue weighted by atomic mass is 10.00. The fourth-order valence-electron chi connectivity index (χ4n) is 1.91. The molecule has 5 nitrogen and oxygen atoms in total. The first kappa shape index (κ1) is 14.6. The minimum absolute atomic E-state index is 0.154. The van der Waals surface area contributed by atoms with Gasteiger partial charge in [-0.1, -0.05) is 30.3 Å². The average molecular weight is 286 g/mol. The van der Waals surface area contributed by atoms with Crippen LogP contribution in [0.15, 0.2) is 42.5 Å². The Morgan fingerprint density at radius 3 is 2.38 bits per heavy atom. The van der Waals surface area contributed by atoms with E-state index in [0.29, 0.717) is 11.1 Å². The molecule has 2 aromatic carbocycles. The van der Waals surface area contributed by atoms with E-state index in [9.17, 15) is 14.7 Å². The van der Waals surface area contributed by atoms with Crippen LogP contribution >= 0.6 is 0 Å². The number of carbonyl (C=O) groups excluding carboxylic acids is 1. The van der Waals surface area contributed by atoms with Crippen molar-refractivity contribution in [2.24, 2.45) is 0 Å². The van der Waals surface area contributed by atoms with Gasteiger partial charge in [-0.25, -0.2) is 4.79 Å². The van der Waals surface area contributed by atoms with Gasteiger partial charge >= 0.3 is 5.97 Å². The molecular weight excluding hydrogens is 272 g/mol. The van der Waals surface area contributed by atoms with Crippen LogP contribution in [0, 0.1) is 6.92 Å². The van der Waals surface area contributed by atoms with Gasteiger partial charge in [-0.3, -0.25) is 4.79 Å². The maximum Gasteiger partial charge on any atom is 0.341 e. The van der Waals surface area contributed by atoms with Crippen LogP contribution in [0.25, 0.3) is 0 Å². The Bertz CT molecular complexity index is 677. The molecule has 21 heavy (non-hydrogen) atoms. The SMILES string of the molecule is Cc1c(OCC(=O)O)ccc(C(=O)c2ccccc2)c1O. The van der Waals surface area contributed by atoms with Crippen LogP contribution in [0.1, 0.15) is 21.5 Å². The second kappa shape index (κ2) is 6.09. The molecule has 0 aliphatic heterocycles. The summed E-state index contributed by atoms with van der Waals surface area (Å²) in [5.41, 5.74) is 0.950. The molecule has 0 fully saturated rings. The van der Waals surface area contributed by atoms with E-state index in [1.165, 1.54) is 12.1 Å². The number of rotatable bonds is 5. The molecule has 2 aromatic rings. The zero-order valence-electron chi connectivity index (χ0n) is 11.4. The number of carbonyl (C=O) groups is 2. The molecule has 2 rings (SSSR count). The quantitative estimate of drug-likeness (QED) is 0.824. The second-order valence-corrected chi connectivity index (χ2v) is 4.46. The number of aliphatic carboxylic acids is 1. The summed E-state index contributed by atoms with van der Waals surface area (Å²) in [5.74, 6) is -1.38. The summed E-state index contributed by atoms with van der Waals surface area (Å²) in [4.78, 5) is 22.8. The van der Waals surface area contributed by atoms with Gasteiger partial charge < -0.3 is 14.9 Å². The zero-order valence-corrected chi connectivity index (χ0v) is 11.4. The van der Waals surface area contributed by atoms with Crippen molar-refractivity contribution in [1.82, 2.24) is 0 Å². The smallest absolute Gasteiger partial charge is 0.341 e. The van der Waals surface area contributed by atoms with Gasteiger partial charge in [0.1, 0.15) is 11.5 Å². The minimum atomic E-state index is -1.11. The number of carboxylic acid groups (broad SMARTS) is 1. The minimum Gasteiger partial charge on any atom is -0.507 e. The molecule has 0 saturated heterocycles. The lowest BCUT2D eigenvalue weighted by Crippen LogP contribution is -2.10. The van der Waals surface area contributed by atoms with Crippen LogP contribution in [0.5, 0.6) is 11.5 Å². The Morgan fingerprint density at radius 2 is 1.76 bits per heavy atom. The number of ether oxygens (including phenoxy) is 1. The van der Waals surface area contributed by atoms with Crippen molar-refractivity contribution in [3.8, 4) is 11.5 Å². The number of benzene rings is 2. The third-order valence-corrected chi connectivity index (χ3v) is 3.01. The molecule has 108 valence electrons. The third-order valence-electron chi connectivity index (χ3n) is 3.01. The van der Waals surface area contributed by atoms with Crippen molar-refractivity contribution >= 4 is 11.8 Å². The van der Waals surface area contributed by atoms with Gasteiger partial charge in [0, 0.05) is 11.1 Å². The molecule has 0 saturated carbocycles. The summed E-state index contributed by atoms with van der Waals surface area (Å²) >= 11 is 0. The van der Waals surface area contributed by atoms with Gasteiger partial charge in [-0.05, 0) is 19.1 Å². The van der Waals surface area contributed by atoms with Crippen molar-refractivity contribution in [1.29, 1.82) is 0 Å². The third kappa shape index (κ3) is 3.20. The molecule has 2 N–H and O–H groups in total. The summed E-state index contributed by atoms with van der Waals surface area (Å²) in [6.07, 6.45) is 0. The van der Waals surface area contributed by atoms with Crippen LogP contribution < -0.4 is 4.74 Å². The van der Waals surface area contributed by atoms with Crippen LogP contribution in [0.3, 0.4) is 0 Å². The summed E-state index contributed by atoms with van der Waals surface area (Å²) in [6, 6.07) is 11.5. The van der Waals surface area contributed by atoms with E-state index in [1.807, 2.05) is 0 Å². The van der Waals surface area contributed by atoms with Gasteiger partial charge in [0.05, 0.1) is 5.56 Å². The predicted octanol–water partition coefficient (Wildman–Crippen LogP) is 2.40. The molecule has 0 aliphatic carbocycles. The lowest BCUT2D eigenvalue weighted by molar-refractivity contribution is -0.139. The summed E-state index contributed by atoms with van der Waals surface area (Å²) in [5, 5.41) is 18.7. The van der Waals surface area contributed by atoms with E-state index < -0.39 is 12.6 Å². The molecule has 5 heteroatoms. The molecule has 0 heterocycles. The van der Waals surface area contributed by atoms with Crippen molar-refractivity contribution in [3.63, 3.8) is 0 Å². The highest BCUT2D eigenvalue weighted by Crippen LogP contribution is 2.31. The lowest BCUT2D eigenvalue weighted by Gasteiger charge is -2.11. The highest BCUT2D eigenvalue weighted by atomic mass is 16.5. The summed E-state index contributed by atoms with van der Waals surface area (Å²) in [7, 11) is 0. The van der Waals surface area contributed by atoms with E-state index in [-0.39, 0.29) is 22.8 Å². The van der Waals surface area contributed by atoms with Gasteiger partial charge in [-0.2, -0.15) is 0 Å². The number of aromatic hydroxyl groups is 1. The molecule has 0 aliphatic rings. The monoisotopic (exact) mass is 286 g/mol. The summed E-state index contributed by atoms with van der Waals surface area (Å²) in [6.45, 7) is 1.06. The van der Waals surface area contributed by atoms with E-state index >= 15 is 0 Å². The van der Waals surface area contributed by atoms with Crippen molar-refractivity contribution in [2.45, 2.75) is 6.92 Å². The van der Waals surface area contributed by atoms with Crippen LogP contribution in [0.2, 0.25) is 0 Å². The number of phenolic OH excluding ortho intramolecular Hbond substituents is 1. The van der Waals surface area contributed by atoms with E-state index in [2.05, 4.69) is 0 Å². The topological polar surface area (TPSA) is 83.8 Å². The molecule has 0 spiro atoms. The molecule has 0 aromatic heterocycles. The van der Waals surface area contributed by atoms with Gasteiger partial charge in [0.2, 0.25) is 0 Å². The largest absolute Gasteiger partial charge is 0.507 e. The Morgan fingerprint density at radius 1 is 1.10 bits per heavy atom. The Hall–Kier alpha value is -2.82. The zero-order chi connectivity index (χ0) is 15.4. The average Bonchev–Trinajstić information content (AvgIpc) is 2.49.